The molecule has 4 heteroatoms. The van der Waals surface area contributed by atoms with E-state index < -0.39 is 0 Å². The van der Waals surface area contributed by atoms with E-state index in [0.29, 0.717) is 5.88 Å². The van der Waals surface area contributed by atoms with E-state index in [2.05, 4.69) is 15.9 Å². The molecule has 0 bridgehead atoms. The molecule has 10 heavy (non-hydrogen) atoms. The molecule has 0 aliphatic heterocycles. The van der Waals surface area contributed by atoms with Crippen LogP contribution in [0.2, 0.25) is 0 Å². The number of hydrogen-bond acceptors (Lipinski definition) is 2. The van der Waals surface area contributed by atoms with Gasteiger partial charge in [0.25, 0.3) is 0 Å². The van der Waals surface area contributed by atoms with Crippen molar-refractivity contribution in [2.45, 2.75) is 19.4 Å². The van der Waals surface area contributed by atoms with Crippen molar-refractivity contribution in [3.8, 4) is 0 Å². The Morgan fingerprint density at radius 3 is 2.70 bits per heavy atom. The molecule has 0 aromatic heterocycles. The van der Waals surface area contributed by atoms with E-state index in [9.17, 15) is 4.79 Å². The zero-order valence-corrected chi connectivity index (χ0v) is 8.11. The average Bonchev–Trinajstić information content (AvgIpc) is 1.86. The maximum Gasteiger partial charge on any atom is 0.302 e. The normalized spacial score (nSPS) is 12.7. The summed E-state index contributed by atoms with van der Waals surface area (Å²) in [4.78, 5) is 10.4. The highest BCUT2D eigenvalue weighted by atomic mass is 79.9. The van der Waals surface area contributed by atoms with Crippen molar-refractivity contribution >= 4 is 33.5 Å². The number of ether oxygens (including phenoxy) is 1. The standard InChI is InChI=1S/C6H10BrClO2/c1-5(9)10-6(4-8)2-3-7/h6H,2-4H2,1H3/t6-/m0/s1. The van der Waals surface area contributed by atoms with Gasteiger partial charge in [-0.3, -0.25) is 4.79 Å². The highest BCUT2D eigenvalue weighted by Gasteiger charge is 2.08. The van der Waals surface area contributed by atoms with E-state index in [1.165, 1.54) is 6.92 Å². The molecule has 0 heterocycles. The molecule has 0 radical (unpaired) electrons. The van der Waals surface area contributed by atoms with Crippen LogP contribution in [0.4, 0.5) is 0 Å². The van der Waals surface area contributed by atoms with Crippen LogP contribution in [0, 0.1) is 0 Å². The van der Waals surface area contributed by atoms with Crippen LogP contribution >= 0.6 is 27.5 Å². The molecule has 0 amide bonds. The fraction of sp³-hybridized carbons (Fsp3) is 0.833. The summed E-state index contributed by atoms with van der Waals surface area (Å²) in [6.07, 6.45) is 0.627. The second kappa shape index (κ2) is 5.98. The van der Waals surface area contributed by atoms with Crippen molar-refractivity contribution in [2.75, 3.05) is 11.2 Å². The molecule has 0 aliphatic carbocycles. The van der Waals surface area contributed by atoms with Crippen molar-refractivity contribution < 1.29 is 9.53 Å². The second-order valence-electron chi connectivity index (χ2n) is 1.86. The third-order valence-electron chi connectivity index (χ3n) is 0.936. The number of carbonyl (C=O) groups is 1. The van der Waals surface area contributed by atoms with Crippen LogP contribution in [0.3, 0.4) is 0 Å². The van der Waals surface area contributed by atoms with Crippen molar-refractivity contribution in [3.05, 3.63) is 0 Å². The molecule has 0 spiro atoms. The van der Waals surface area contributed by atoms with Gasteiger partial charge in [0.05, 0.1) is 5.88 Å². The minimum Gasteiger partial charge on any atom is -0.461 e. The molecular formula is C6H10BrClO2. The first-order valence-corrected chi connectivity index (χ1v) is 4.65. The van der Waals surface area contributed by atoms with Crippen LogP contribution in [0.25, 0.3) is 0 Å². The van der Waals surface area contributed by atoms with Gasteiger partial charge in [-0.1, -0.05) is 15.9 Å². The molecule has 0 aliphatic rings. The van der Waals surface area contributed by atoms with Crippen molar-refractivity contribution in [1.29, 1.82) is 0 Å². The van der Waals surface area contributed by atoms with Crippen LogP contribution in [0.15, 0.2) is 0 Å². The predicted octanol–water partition coefficient (Wildman–Crippen LogP) is 1.94. The molecule has 0 aromatic carbocycles. The van der Waals surface area contributed by atoms with Crippen molar-refractivity contribution in [1.82, 2.24) is 0 Å². The highest BCUT2D eigenvalue weighted by Crippen LogP contribution is 2.03. The van der Waals surface area contributed by atoms with Gasteiger partial charge in [0, 0.05) is 12.3 Å². The first-order chi connectivity index (χ1) is 4.70. The lowest BCUT2D eigenvalue weighted by atomic mass is 10.3. The van der Waals surface area contributed by atoms with E-state index >= 15 is 0 Å². The molecule has 1 atom stereocenters. The SMILES string of the molecule is CC(=O)O[C@H](CCl)CCBr. The van der Waals surface area contributed by atoms with Gasteiger partial charge in [-0.25, -0.2) is 0 Å². The van der Waals surface area contributed by atoms with Gasteiger partial charge < -0.3 is 4.74 Å². The summed E-state index contributed by atoms with van der Waals surface area (Å²) in [6, 6.07) is 0. The molecule has 0 saturated heterocycles. The largest absolute Gasteiger partial charge is 0.461 e. The molecule has 0 saturated carbocycles. The Bertz CT molecular complexity index is 108. The molecule has 60 valence electrons. The number of hydrogen-bond donors (Lipinski definition) is 0. The smallest absolute Gasteiger partial charge is 0.302 e. The summed E-state index contributed by atoms with van der Waals surface area (Å²) >= 11 is 8.72. The Hall–Kier alpha value is 0.240. The molecule has 0 rings (SSSR count). The topological polar surface area (TPSA) is 26.3 Å². The van der Waals surface area contributed by atoms with Gasteiger partial charge in [0.2, 0.25) is 0 Å². The third kappa shape index (κ3) is 5.06. The first-order valence-electron chi connectivity index (χ1n) is 2.99. The molecule has 2 nitrogen and oxygen atoms in total. The maximum absolute atomic E-state index is 10.4. The van der Waals surface area contributed by atoms with Gasteiger partial charge >= 0.3 is 5.97 Å². The monoisotopic (exact) mass is 228 g/mol. The Morgan fingerprint density at radius 2 is 2.40 bits per heavy atom. The molecule has 0 fully saturated rings. The molecule has 0 unspecified atom stereocenters. The van der Waals surface area contributed by atoms with Gasteiger partial charge in [-0.15, -0.1) is 11.6 Å². The number of alkyl halides is 2. The molecule has 0 aromatic rings. The zero-order chi connectivity index (χ0) is 7.98. The molecular weight excluding hydrogens is 219 g/mol. The zero-order valence-electron chi connectivity index (χ0n) is 5.77. The molecule has 0 N–H and O–H groups in total. The van der Waals surface area contributed by atoms with Gasteiger partial charge in [0.1, 0.15) is 6.10 Å². The minimum absolute atomic E-state index is 0.140. The van der Waals surface area contributed by atoms with E-state index in [1.54, 1.807) is 0 Å². The van der Waals surface area contributed by atoms with Crippen LogP contribution in [-0.4, -0.2) is 23.3 Å². The van der Waals surface area contributed by atoms with Gasteiger partial charge in [-0.2, -0.15) is 0 Å². The van der Waals surface area contributed by atoms with E-state index in [0.717, 1.165) is 11.8 Å². The minimum atomic E-state index is -0.272. The van der Waals surface area contributed by atoms with Crippen LogP contribution in [-0.2, 0) is 9.53 Å². The lowest BCUT2D eigenvalue weighted by Crippen LogP contribution is -2.18. The van der Waals surface area contributed by atoms with Crippen LogP contribution in [0.5, 0.6) is 0 Å². The van der Waals surface area contributed by atoms with E-state index in [1.807, 2.05) is 0 Å². The fourth-order valence-corrected chi connectivity index (χ4v) is 1.25. The summed E-state index contributed by atoms with van der Waals surface area (Å²) in [6.45, 7) is 1.38. The second-order valence-corrected chi connectivity index (χ2v) is 2.97. The fourth-order valence-electron chi connectivity index (χ4n) is 0.524. The number of carbonyl (C=O) groups excluding carboxylic acids is 1. The number of rotatable bonds is 4. The lowest BCUT2D eigenvalue weighted by Gasteiger charge is -2.11. The lowest BCUT2D eigenvalue weighted by molar-refractivity contribution is -0.145. The Labute approximate surface area is 74.0 Å². The van der Waals surface area contributed by atoms with Gasteiger partial charge in [-0.05, 0) is 6.42 Å². The summed E-state index contributed by atoms with van der Waals surface area (Å²) in [5.41, 5.74) is 0. The van der Waals surface area contributed by atoms with Crippen LogP contribution < -0.4 is 0 Å². The van der Waals surface area contributed by atoms with E-state index in [-0.39, 0.29) is 12.1 Å². The van der Waals surface area contributed by atoms with Crippen molar-refractivity contribution in [2.24, 2.45) is 0 Å². The van der Waals surface area contributed by atoms with Crippen LogP contribution in [0.1, 0.15) is 13.3 Å². The maximum atomic E-state index is 10.4. The van der Waals surface area contributed by atoms with Gasteiger partial charge in [0.15, 0.2) is 0 Å². The average molecular weight is 230 g/mol. The number of esters is 1. The number of halogens is 2. The first kappa shape index (κ1) is 10.2. The summed E-state index contributed by atoms with van der Waals surface area (Å²) in [5.74, 6) is 0.0946. The third-order valence-corrected chi connectivity index (χ3v) is 1.74. The quantitative estimate of drug-likeness (QED) is 0.544. The Kier molecular flexibility index (Phi) is 6.13. The summed E-state index contributed by atoms with van der Waals surface area (Å²) < 4.78 is 4.84. The summed E-state index contributed by atoms with van der Waals surface area (Å²) in [7, 11) is 0. The highest BCUT2D eigenvalue weighted by molar-refractivity contribution is 9.09. The predicted molar refractivity (Wildman–Crippen MR) is 44.7 cm³/mol. The van der Waals surface area contributed by atoms with Crippen molar-refractivity contribution in [3.63, 3.8) is 0 Å². The Balaban J connectivity index is 3.49. The van der Waals surface area contributed by atoms with E-state index in [4.69, 9.17) is 16.3 Å². The Morgan fingerprint density at radius 1 is 1.80 bits per heavy atom. The summed E-state index contributed by atoms with van der Waals surface area (Å²) in [5, 5.41) is 0.803.